The van der Waals surface area contributed by atoms with Gasteiger partial charge >= 0.3 is 0 Å². The summed E-state index contributed by atoms with van der Waals surface area (Å²) in [5.74, 6) is -0.443. The summed E-state index contributed by atoms with van der Waals surface area (Å²) in [7, 11) is 0. The quantitative estimate of drug-likeness (QED) is 0.881. The van der Waals surface area contributed by atoms with Crippen molar-refractivity contribution in [3.05, 3.63) is 69.6 Å². The average Bonchev–Trinajstić information content (AvgIpc) is 2.34. The molecule has 1 aromatic heterocycles. The Labute approximate surface area is 105 Å². The van der Waals surface area contributed by atoms with E-state index in [1.54, 1.807) is 29.0 Å². The topological polar surface area (TPSA) is 65.1 Å². The fourth-order valence-corrected chi connectivity index (χ4v) is 1.80. The standard InChI is InChI=1S/C14H14N2O2/c1-10-8-11(14(15)18)5-6-12(10)9-16-7-3-2-4-13(16)17/h2-8H,9H2,1H3,(H2,15,18). The number of carbonyl (C=O) groups is 1. The molecule has 18 heavy (non-hydrogen) atoms. The predicted octanol–water partition coefficient (Wildman–Crippen LogP) is 1.30. The number of pyridine rings is 1. The fraction of sp³-hybridized carbons (Fsp3) is 0.143. The minimum absolute atomic E-state index is 0.0455. The van der Waals surface area contributed by atoms with Crippen LogP contribution in [-0.2, 0) is 6.54 Å². The van der Waals surface area contributed by atoms with Gasteiger partial charge in [0.2, 0.25) is 5.91 Å². The van der Waals surface area contributed by atoms with Crippen molar-refractivity contribution in [3.8, 4) is 0 Å². The second kappa shape index (κ2) is 4.87. The van der Waals surface area contributed by atoms with Crippen molar-refractivity contribution in [1.29, 1.82) is 0 Å². The third kappa shape index (κ3) is 2.48. The Bertz CT molecular complexity index is 644. The highest BCUT2D eigenvalue weighted by molar-refractivity contribution is 5.93. The summed E-state index contributed by atoms with van der Waals surface area (Å²) >= 11 is 0. The lowest BCUT2D eigenvalue weighted by atomic mass is 10.0. The van der Waals surface area contributed by atoms with Gasteiger partial charge in [-0.05, 0) is 36.2 Å². The molecule has 0 aliphatic rings. The summed E-state index contributed by atoms with van der Waals surface area (Å²) in [4.78, 5) is 22.6. The van der Waals surface area contributed by atoms with Gasteiger partial charge in [0.1, 0.15) is 0 Å². The van der Waals surface area contributed by atoms with Crippen molar-refractivity contribution in [3.63, 3.8) is 0 Å². The number of aryl methyl sites for hydroxylation is 1. The number of hydrogen-bond donors (Lipinski definition) is 1. The number of hydrogen-bond acceptors (Lipinski definition) is 2. The van der Waals surface area contributed by atoms with E-state index in [9.17, 15) is 9.59 Å². The molecule has 0 aliphatic carbocycles. The lowest BCUT2D eigenvalue weighted by molar-refractivity contribution is 0.1000. The monoisotopic (exact) mass is 242 g/mol. The lowest BCUT2D eigenvalue weighted by Crippen LogP contribution is -2.19. The maximum Gasteiger partial charge on any atom is 0.250 e. The van der Waals surface area contributed by atoms with E-state index in [0.29, 0.717) is 12.1 Å². The minimum Gasteiger partial charge on any atom is -0.366 e. The third-order valence-electron chi connectivity index (χ3n) is 2.87. The van der Waals surface area contributed by atoms with Crippen LogP contribution in [0.5, 0.6) is 0 Å². The van der Waals surface area contributed by atoms with Gasteiger partial charge in [0.25, 0.3) is 5.56 Å². The first kappa shape index (κ1) is 12.1. The van der Waals surface area contributed by atoms with Crippen molar-refractivity contribution in [2.24, 2.45) is 5.73 Å². The van der Waals surface area contributed by atoms with E-state index in [2.05, 4.69) is 0 Å². The molecule has 0 aliphatic heterocycles. The van der Waals surface area contributed by atoms with Crippen molar-refractivity contribution in [1.82, 2.24) is 4.57 Å². The first-order valence-electron chi connectivity index (χ1n) is 5.63. The van der Waals surface area contributed by atoms with Crippen LogP contribution in [0.4, 0.5) is 0 Å². The number of aromatic nitrogens is 1. The van der Waals surface area contributed by atoms with Gasteiger partial charge < -0.3 is 10.3 Å². The molecular formula is C14H14N2O2. The highest BCUT2D eigenvalue weighted by Crippen LogP contribution is 2.11. The van der Waals surface area contributed by atoms with Crippen molar-refractivity contribution < 1.29 is 4.79 Å². The van der Waals surface area contributed by atoms with Crippen LogP contribution in [0.15, 0.2) is 47.4 Å². The van der Waals surface area contributed by atoms with Gasteiger partial charge in [-0.25, -0.2) is 0 Å². The Balaban J connectivity index is 2.33. The maximum atomic E-state index is 11.6. The predicted molar refractivity (Wildman–Crippen MR) is 69.5 cm³/mol. The van der Waals surface area contributed by atoms with E-state index in [0.717, 1.165) is 11.1 Å². The molecule has 0 spiro atoms. The molecule has 0 bridgehead atoms. The van der Waals surface area contributed by atoms with Gasteiger partial charge in [-0.2, -0.15) is 0 Å². The second-order valence-corrected chi connectivity index (χ2v) is 4.17. The molecule has 2 rings (SSSR count). The fourth-order valence-electron chi connectivity index (χ4n) is 1.80. The molecule has 1 aromatic carbocycles. The normalized spacial score (nSPS) is 10.3. The largest absolute Gasteiger partial charge is 0.366 e. The first-order valence-corrected chi connectivity index (χ1v) is 5.63. The van der Waals surface area contributed by atoms with Crippen LogP contribution < -0.4 is 11.3 Å². The van der Waals surface area contributed by atoms with Gasteiger partial charge in [0, 0.05) is 17.8 Å². The Morgan fingerprint density at radius 2 is 2.06 bits per heavy atom. The van der Waals surface area contributed by atoms with Crippen LogP contribution in [0.1, 0.15) is 21.5 Å². The lowest BCUT2D eigenvalue weighted by Gasteiger charge is -2.09. The van der Waals surface area contributed by atoms with Crippen molar-refractivity contribution >= 4 is 5.91 Å². The Morgan fingerprint density at radius 3 is 2.67 bits per heavy atom. The molecule has 0 saturated carbocycles. The highest BCUT2D eigenvalue weighted by atomic mass is 16.1. The average molecular weight is 242 g/mol. The zero-order valence-electron chi connectivity index (χ0n) is 10.1. The SMILES string of the molecule is Cc1cc(C(N)=O)ccc1Cn1ccccc1=O. The Kier molecular flexibility index (Phi) is 3.28. The molecule has 0 radical (unpaired) electrons. The van der Waals surface area contributed by atoms with E-state index >= 15 is 0 Å². The van der Waals surface area contributed by atoms with E-state index in [1.807, 2.05) is 19.1 Å². The van der Waals surface area contributed by atoms with Gasteiger partial charge in [-0.1, -0.05) is 12.1 Å². The molecule has 4 nitrogen and oxygen atoms in total. The molecule has 2 aromatic rings. The summed E-state index contributed by atoms with van der Waals surface area (Å²) in [5, 5.41) is 0. The number of nitrogens with two attached hydrogens (primary N) is 1. The summed E-state index contributed by atoms with van der Waals surface area (Å²) in [6, 6.07) is 10.3. The molecule has 1 amide bonds. The van der Waals surface area contributed by atoms with Gasteiger partial charge in [-0.3, -0.25) is 9.59 Å². The molecule has 0 fully saturated rings. The van der Waals surface area contributed by atoms with Crippen LogP contribution in [0.25, 0.3) is 0 Å². The first-order chi connectivity index (χ1) is 8.58. The second-order valence-electron chi connectivity index (χ2n) is 4.17. The number of carbonyl (C=O) groups excluding carboxylic acids is 1. The van der Waals surface area contributed by atoms with Crippen LogP contribution in [0.3, 0.4) is 0 Å². The Hall–Kier alpha value is -2.36. The van der Waals surface area contributed by atoms with Crippen LogP contribution in [0, 0.1) is 6.92 Å². The zero-order valence-corrected chi connectivity index (χ0v) is 10.1. The zero-order chi connectivity index (χ0) is 13.1. The summed E-state index contributed by atoms with van der Waals surface area (Å²) < 4.78 is 1.62. The number of primary amides is 1. The number of rotatable bonds is 3. The van der Waals surface area contributed by atoms with Crippen molar-refractivity contribution in [2.45, 2.75) is 13.5 Å². The molecule has 2 N–H and O–H groups in total. The van der Waals surface area contributed by atoms with E-state index in [1.165, 1.54) is 6.07 Å². The molecular weight excluding hydrogens is 228 g/mol. The molecule has 0 atom stereocenters. The van der Waals surface area contributed by atoms with Crippen LogP contribution in [-0.4, -0.2) is 10.5 Å². The summed E-state index contributed by atoms with van der Waals surface area (Å²) in [6.45, 7) is 2.39. The number of nitrogens with zero attached hydrogens (tertiary/aromatic N) is 1. The third-order valence-corrected chi connectivity index (χ3v) is 2.87. The molecule has 92 valence electrons. The van der Waals surface area contributed by atoms with Gasteiger partial charge in [-0.15, -0.1) is 0 Å². The maximum absolute atomic E-state index is 11.6. The molecule has 0 unspecified atom stereocenters. The molecule has 0 saturated heterocycles. The van der Waals surface area contributed by atoms with Crippen LogP contribution >= 0.6 is 0 Å². The molecule has 1 heterocycles. The van der Waals surface area contributed by atoms with E-state index in [-0.39, 0.29) is 5.56 Å². The number of amides is 1. The van der Waals surface area contributed by atoms with Gasteiger partial charge in [0.15, 0.2) is 0 Å². The van der Waals surface area contributed by atoms with E-state index < -0.39 is 5.91 Å². The smallest absolute Gasteiger partial charge is 0.250 e. The highest BCUT2D eigenvalue weighted by Gasteiger charge is 2.05. The number of benzene rings is 1. The van der Waals surface area contributed by atoms with Crippen LogP contribution in [0.2, 0.25) is 0 Å². The summed E-state index contributed by atoms with van der Waals surface area (Å²) in [5.41, 5.74) is 7.59. The van der Waals surface area contributed by atoms with E-state index in [4.69, 9.17) is 5.73 Å². The Morgan fingerprint density at radius 1 is 1.28 bits per heavy atom. The molecule has 4 heteroatoms. The summed E-state index contributed by atoms with van der Waals surface area (Å²) in [6.07, 6.45) is 1.74. The van der Waals surface area contributed by atoms with Gasteiger partial charge in [0.05, 0.1) is 6.54 Å². The minimum atomic E-state index is -0.443. The van der Waals surface area contributed by atoms with Crippen molar-refractivity contribution in [2.75, 3.05) is 0 Å².